The Hall–Kier alpha value is -1.61. The second-order valence-corrected chi connectivity index (χ2v) is 3.87. The zero-order chi connectivity index (χ0) is 11.5. The highest BCUT2D eigenvalue weighted by atomic mass is 35.5. The van der Waals surface area contributed by atoms with Gasteiger partial charge in [0.05, 0.1) is 5.02 Å². The van der Waals surface area contributed by atoms with Crippen molar-refractivity contribution in [2.45, 2.75) is 13.3 Å². The van der Waals surface area contributed by atoms with E-state index in [4.69, 9.17) is 11.6 Å². The van der Waals surface area contributed by atoms with Gasteiger partial charge in [0.1, 0.15) is 5.82 Å². The molecule has 2 aromatic rings. The van der Waals surface area contributed by atoms with E-state index in [-0.39, 0.29) is 5.56 Å². The maximum absolute atomic E-state index is 11.6. The summed E-state index contributed by atoms with van der Waals surface area (Å²) >= 11 is 5.84. The van der Waals surface area contributed by atoms with Crippen molar-refractivity contribution in [3.63, 3.8) is 0 Å². The number of aromatic nitrogens is 2. The Morgan fingerprint density at radius 1 is 1.31 bits per heavy atom. The molecule has 0 aliphatic heterocycles. The molecule has 16 heavy (non-hydrogen) atoms. The third kappa shape index (κ3) is 2.14. The van der Waals surface area contributed by atoms with E-state index in [1.54, 1.807) is 18.5 Å². The molecule has 0 atom stereocenters. The Balaban J connectivity index is 2.50. The average Bonchev–Trinajstić information content (AvgIpc) is 2.32. The third-order valence-electron chi connectivity index (χ3n) is 2.34. The lowest BCUT2D eigenvalue weighted by molar-refractivity contribution is 0.932. The van der Waals surface area contributed by atoms with Crippen molar-refractivity contribution in [1.29, 1.82) is 0 Å². The molecule has 0 N–H and O–H groups in total. The minimum Gasteiger partial charge on any atom is -0.269 e. The van der Waals surface area contributed by atoms with Crippen LogP contribution < -0.4 is 5.56 Å². The topological polar surface area (TPSA) is 34.9 Å². The number of nitrogens with zero attached hydrogens (tertiary/aromatic N) is 2. The molecule has 0 saturated carbocycles. The molecule has 0 radical (unpaired) electrons. The SMILES string of the molecule is CCc1ccc(-n2cc(Cl)ccc2=O)nc1. The second kappa shape index (κ2) is 4.49. The van der Waals surface area contributed by atoms with Gasteiger partial charge in [-0.25, -0.2) is 4.98 Å². The lowest BCUT2D eigenvalue weighted by atomic mass is 10.2. The van der Waals surface area contributed by atoms with Gasteiger partial charge in [-0.05, 0) is 24.1 Å². The van der Waals surface area contributed by atoms with E-state index < -0.39 is 0 Å². The number of rotatable bonds is 2. The Morgan fingerprint density at radius 3 is 2.75 bits per heavy atom. The number of hydrogen-bond donors (Lipinski definition) is 0. The Bertz CT molecular complexity index is 546. The van der Waals surface area contributed by atoms with E-state index in [2.05, 4.69) is 11.9 Å². The summed E-state index contributed by atoms with van der Waals surface area (Å²) in [7, 11) is 0. The molecule has 0 bridgehead atoms. The zero-order valence-corrected chi connectivity index (χ0v) is 9.61. The smallest absolute Gasteiger partial charge is 0.256 e. The van der Waals surface area contributed by atoms with Crippen LogP contribution in [-0.4, -0.2) is 9.55 Å². The molecule has 0 amide bonds. The minimum absolute atomic E-state index is 0.138. The molecule has 2 aromatic heterocycles. The van der Waals surface area contributed by atoms with Crippen LogP contribution in [0.1, 0.15) is 12.5 Å². The highest BCUT2D eigenvalue weighted by Gasteiger charge is 2.01. The molecule has 3 nitrogen and oxygen atoms in total. The molecule has 0 unspecified atom stereocenters. The van der Waals surface area contributed by atoms with Crippen molar-refractivity contribution in [3.8, 4) is 5.82 Å². The number of aryl methyl sites for hydroxylation is 1. The van der Waals surface area contributed by atoms with Gasteiger partial charge in [0.15, 0.2) is 0 Å². The second-order valence-electron chi connectivity index (χ2n) is 3.43. The largest absolute Gasteiger partial charge is 0.269 e. The Kier molecular flexibility index (Phi) is 3.06. The molecule has 0 aliphatic rings. The molecular weight excluding hydrogens is 224 g/mol. The number of pyridine rings is 2. The zero-order valence-electron chi connectivity index (χ0n) is 8.85. The maximum atomic E-state index is 11.6. The van der Waals surface area contributed by atoms with Gasteiger partial charge in [0.25, 0.3) is 5.56 Å². The summed E-state index contributed by atoms with van der Waals surface area (Å²) in [5, 5.41) is 0.515. The summed E-state index contributed by atoms with van der Waals surface area (Å²) in [5.41, 5.74) is 1.000. The summed E-state index contributed by atoms with van der Waals surface area (Å²) < 4.78 is 1.43. The standard InChI is InChI=1S/C12H11ClN2O/c1-2-9-3-5-11(14-7-9)15-8-10(13)4-6-12(15)16/h3-8H,2H2,1H3. The van der Waals surface area contributed by atoms with Crippen molar-refractivity contribution in [2.24, 2.45) is 0 Å². The van der Waals surface area contributed by atoms with E-state index in [1.807, 2.05) is 12.1 Å². The van der Waals surface area contributed by atoms with Crippen LogP contribution in [0, 0.1) is 0 Å². The molecule has 2 rings (SSSR count). The molecule has 2 heterocycles. The van der Waals surface area contributed by atoms with E-state index in [0.717, 1.165) is 12.0 Å². The molecule has 82 valence electrons. The van der Waals surface area contributed by atoms with E-state index in [1.165, 1.54) is 10.6 Å². The molecule has 0 fully saturated rings. The fourth-order valence-corrected chi connectivity index (χ4v) is 1.57. The Morgan fingerprint density at radius 2 is 2.12 bits per heavy atom. The highest BCUT2D eigenvalue weighted by molar-refractivity contribution is 6.30. The number of halogens is 1. The van der Waals surface area contributed by atoms with E-state index in [9.17, 15) is 4.79 Å². The van der Waals surface area contributed by atoms with Crippen LogP contribution in [0.5, 0.6) is 0 Å². The minimum atomic E-state index is -0.138. The van der Waals surface area contributed by atoms with Gasteiger partial charge >= 0.3 is 0 Å². The summed E-state index contributed by atoms with van der Waals surface area (Å²) in [6.45, 7) is 2.06. The first kappa shape index (κ1) is 10.9. The van der Waals surface area contributed by atoms with Gasteiger partial charge in [0.2, 0.25) is 0 Å². The van der Waals surface area contributed by atoms with Crippen LogP contribution in [0.4, 0.5) is 0 Å². The lowest BCUT2D eigenvalue weighted by Gasteiger charge is -2.05. The predicted molar refractivity (Wildman–Crippen MR) is 64.2 cm³/mol. The summed E-state index contributed by atoms with van der Waals surface area (Å²) in [5.74, 6) is 0.588. The van der Waals surface area contributed by atoms with Crippen molar-refractivity contribution in [3.05, 3.63) is 57.6 Å². The van der Waals surface area contributed by atoms with Gasteiger partial charge in [-0.2, -0.15) is 0 Å². The molecule has 4 heteroatoms. The van der Waals surface area contributed by atoms with Crippen molar-refractivity contribution >= 4 is 11.6 Å². The predicted octanol–water partition coefficient (Wildman–Crippen LogP) is 2.45. The third-order valence-corrected chi connectivity index (χ3v) is 2.56. The normalized spacial score (nSPS) is 10.4. The summed E-state index contributed by atoms with van der Waals surface area (Å²) in [4.78, 5) is 15.8. The molecular formula is C12H11ClN2O. The van der Waals surface area contributed by atoms with Crippen LogP contribution in [0.25, 0.3) is 5.82 Å². The van der Waals surface area contributed by atoms with Gasteiger partial charge in [-0.15, -0.1) is 0 Å². The maximum Gasteiger partial charge on any atom is 0.256 e. The van der Waals surface area contributed by atoms with E-state index in [0.29, 0.717) is 10.8 Å². The van der Waals surface area contributed by atoms with Crippen molar-refractivity contribution in [2.75, 3.05) is 0 Å². The fourth-order valence-electron chi connectivity index (χ4n) is 1.41. The van der Waals surface area contributed by atoms with Gasteiger partial charge in [-0.1, -0.05) is 24.6 Å². The first-order valence-electron chi connectivity index (χ1n) is 5.04. The van der Waals surface area contributed by atoms with Crippen LogP contribution in [-0.2, 0) is 6.42 Å². The van der Waals surface area contributed by atoms with Crippen LogP contribution in [0.15, 0.2) is 41.5 Å². The average molecular weight is 235 g/mol. The lowest BCUT2D eigenvalue weighted by Crippen LogP contribution is -2.17. The summed E-state index contributed by atoms with van der Waals surface area (Å²) in [6, 6.07) is 6.77. The van der Waals surface area contributed by atoms with Gasteiger partial charge in [-0.3, -0.25) is 9.36 Å². The molecule has 0 saturated heterocycles. The fraction of sp³-hybridized carbons (Fsp3) is 0.167. The number of hydrogen-bond acceptors (Lipinski definition) is 2. The monoisotopic (exact) mass is 234 g/mol. The van der Waals surface area contributed by atoms with Crippen molar-refractivity contribution < 1.29 is 0 Å². The van der Waals surface area contributed by atoms with Crippen LogP contribution in [0.2, 0.25) is 5.02 Å². The van der Waals surface area contributed by atoms with E-state index >= 15 is 0 Å². The Labute approximate surface area is 98.3 Å². The quantitative estimate of drug-likeness (QED) is 0.800. The van der Waals surface area contributed by atoms with Gasteiger partial charge in [0, 0.05) is 18.5 Å². The molecule has 0 spiro atoms. The first-order chi connectivity index (χ1) is 7.70. The highest BCUT2D eigenvalue weighted by Crippen LogP contribution is 2.08. The van der Waals surface area contributed by atoms with Crippen molar-refractivity contribution in [1.82, 2.24) is 9.55 Å². The first-order valence-corrected chi connectivity index (χ1v) is 5.42. The van der Waals surface area contributed by atoms with Crippen LogP contribution in [0.3, 0.4) is 0 Å². The van der Waals surface area contributed by atoms with Crippen LogP contribution >= 0.6 is 11.6 Å². The summed E-state index contributed by atoms with van der Waals surface area (Å²) in [6.07, 6.45) is 4.26. The molecule has 0 aliphatic carbocycles. The van der Waals surface area contributed by atoms with Gasteiger partial charge < -0.3 is 0 Å². The molecule has 0 aromatic carbocycles.